The van der Waals surface area contributed by atoms with Gasteiger partial charge in [0.15, 0.2) is 0 Å². The largest absolute Gasteiger partial charge is 0.324 e. The molecule has 6 unspecified atom stereocenters. The van der Waals surface area contributed by atoms with Gasteiger partial charge in [0.25, 0.3) is 0 Å². The lowest BCUT2D eigenvalue weighted by molar-refractivity contribution is -0.00783. The van der Waals surface area contributed by atoms with Crippen molar-refractivity contribution in [2.24, 2.45) is 53.1 Å². The molecule has 4 heteroatoms. The Morgan fingerprint density at radius 3 is 1.70 bits per heavy atom. The number of hydrogen-bond acceptors (Lipinski definition) is 1. The standard InChI is InChI=1S/C36H62Cl3N/c1-3-6-26-13-17-29(18-14-26)36(40,28-15-11-25(2)12-16-28)32-9-4-7-30(23-32)35(39,27-19-21-33(37)22-20-27)31-8-5-10-34(38)24-31/h25-34H,3-24,40H2,1-2H3. The molecule has 0 aromatic heterocycles. The maximum absolute atomic E-state index is 8.21. The third-order valence-electron chi connectivity index (χ3n) is 13.5. The van der Waals surface area contributed by atoms with Gasteiger partial charge in [0.05, 0.1) is 4.87 Å². The molecular formula is C36H62Cl3N. The Morgan fingerprint density at radius 1 is 0.575 bits per heavy atom. The van der Waals surface area contributed by atoms with Gasteiger partial charge in [-0.05, 0) is 137 Å². The molecule has 5 rings (SSSR count). The van der Waals surface area contributed by atoms with Crippen LogP contribution in [0.15, 0.2) is 0 Å². The summed E-state index contributed by atoms with van der Waals surface area (Å²) in [4.78, 5) is -0.121. The monoisotopic (exact) mass is 613 g/mol. The number of rotatable bonds is 8. The van der Waals surface area contributed by atoms with Crippen LogP contribution in [0.1, 0.15) is 155 Å². The van der Waals surface area contributed by atoms with E-state index in [2.05, 4.69) is 13.8 Å². The van der Waals surface area contributed by atoms with Crippen LogP contribution in [-0.4, -0.2) is 21.2 Å². The van der Waals surface area contributed by atoms with Gasteiger partial charge in [-0.2, -0.15) is 0 Å². The molecule has 0 saturated heterocycles. The van der Waals surface area contributed by atoms with Crippen molar-refractivity contribution in [1.29, 1.82) is 0 Å². The van der Waals surface area contributed by atoms with Gasteiger partial charge < -0.3 is 5.73 Å². The van der Waals surface area contributed by atoms with Crippen LogP contribution in [0.3, 0.4) is 0 Å². The van der Waals surface area contributed by atoms with Crippen LogP contribution in [0.4, 0.5) is 0 Å². The lowest BCUT2D eigenvalue weighted by Gasteiger charge is -2.57. The Bertz CT molecular complexity index is 766. The summed E-state index contributed by atoms with van der Waals surface area (Å²) in [5.41, 5.74) is 8.01. The van der Waals surface area contributed by atoms with E-state index in [4.69, 9.17) is 40.5 Å². The van der Waals surface area contributed by atoms with Crippen LogP contribution >= 0.6 is 34.8 Å². The van der Waals surface area contributed by atoms with Crippen LogP contribution in [-0.2, 0) is 0 Å². The number of hydrogen-bond donors (Lipinski definition) is 1. The summed E-state index contributed by atoms with van der Waals surface area (Å²) in [6, 6.07) is 0. The van der Waals surface area contributed by atoms with Gasteiger partial charge >= 0.3 is 0 Å². The van der Waals surface area contributed by atoms with Gasteiger partial charge in [0, 0.05) is 16.3 Å². The molecule has 1 nitrogen and oxygen atoms in total. The van der Waals surface area contributed by atoms with Crippen LogP contribution in [0.5, 0.6) is 0 Å². The zero-order chi connectivity index (χ0) is 28.3. The SMILES string of the molecule is CCCC1CCC(C(N)(C2CCC(C)CC2)C2CCCC(C(Cl)(C3CCC(Cl)CC3)C3CCCC(Cl)C3)C2)CC1. The summed E-state index contributed by atoms with van der Waals surface area (Å²) in [5.74, 6) is 5.60. The molecule has 0 heterocycles. The molecule has 0 aliphatic heterocycles. The van der Waals surface area contributed by atoms with Crippen molar-refractivity contribution >= 4 is 34.8 Å². The third-order valence-corrected chi connectivity index (χ3v) is 15.3. The average molecular weight is 615 g/mol. The van der Waals surface area contributed by atoms with Crippen LogP contribution in [0, 0.1) is 47.3 Å². The average Bonchev–Trinajstić information content (AvgIpc) is 2.98. The fraction of sp³-hybridized carbons (Fsp3) is 1.00. The van der Waals surface area contributed by atoms with E-state index in [1.165, 1.54) is 122 Å². The molecule has 0 bridgehead atoms. The molecule has 0 radical (unpaired) electrons. The molecule has 6 atom stereocenters. The molecule has 2 N–H and O–H groups in total. The quantitative estimate of drug-likeness (QED) is 0.270. The summed E-state index contributed by atoms with van der Waals surface area (Å²) in [6.07, 6.45) is 28.5. The zero-order valence-corrected chi connectivity index (χ0v) is 28.3. The van der Waals surface area contributed by atoms with E-state index >= 15 is 0 Å². The van der Waals surface area contributed by atoms with Crippen molar-refractivity contribution in [3.05, 3.63) is 0 Å². The van der Waals surface area contributed by atoms with E-state index in [0.717, 1.165) is 31.1 Å². The Hall–Kier alpha value is 0.830. The number of halogens is 3. The second-order valence-electron chi connectivity index (χ2n) is 15.8. The Balaban J connectivity index is 1.41. The van der Waals surface area contributed by atoms with Crippen molar-refractivity contribution in [2.45, 2.75) is 176 Å². The maximum atomic E-state index is 8.21. The first-order chi connectivity index (χ1) is 19.2. The normalized spacial score (nSPS) is 44.9. The van der Waals surface area contributed by atoms with Crippen molar-refractivity contribution in [1.82, 2.24) is 0 Å². The molecule has 40 heavy (non-hydrogen) atoms. The van der Waals surface area contributed by atoms with E-state index < -0.39 is 0 Å². The molecule has 0 spiro atoms. The molecular weight excluding hydrogens is 553 g/mol. The van der Waals surface area contributed by atoms with Crippen LogP contribution in [0.2, 0.25) is 0 Å². The van der Waals surface area contributed by atoms with Crippen molar-refractivity contribution in [3.8, 4) is 0 Å². The molecule has 5 saturated carbocycles. The minimum absolute atomic E-state index is 0.00315. The zero-order valence-electron chi connectivity index (χ0n) is 26.0. The molecule has 5 aliphatic rings. The van der Waals surface area contributed by atoms with Crippen LogP contribution < -0.4 is 5.73 Å². The summed E-state index contributed by atoms with van der Waals surface area (Å²) >= 11 is 21.7. The molecule has 0 aromatic carbocycles. The number of nitrogens with two attached hydrogens (primary N) is 1. The fourth-order valence-electron chi connectivity index (χ4n) is 11.2. The van der Waals surface area contributed by atoms with Crippen molar-refractivity contribution < 1.29 is 0 Å². The van der Waals surface area contributed by atoms with Crippen molar-refractivity contribution in [2.75, 3.05) is 0 Å². The predicted molar refractivity (Wildman–Crippen MR) is 176 cm³/mol. The first-order valence-corrected chi connectivity index (χ1v) is 19.3. The fourth-order valence-corrected chi connectivity index (χ4v) is 12.4. The molecule has 232 valence electrons. The van der Waals surface area contributed by atoms with Gasteiger partial charge in [0.1, 0.15) is 0 Å². The molecule has 5 aliphatic carbocycles. The highest BCUT2D eigenvalue weighted by molar-refractivity contribution is 6.25. The summed E-state index contributed by atoms with van der Waals surface area (Å²) < 4.78 is 0. The van der Waals surface area contributed by atoms with Crippen LogP contribution in [0.25, 0.3) is 0 Å². The van der Waals surface area contributed by atoms with Gasteiger partial charge in [0.2, 0.25) is 0 Å². The second-order valence-corrected chi connectivity index (χ2v) is 17.6. The van der Waals surface area contributed by atoms with Gasteiger partial charge in [-0.15, -0.1) is 34.8 Å². The summed E-state index contributed by atoms with van der Waals surface area (Å²) in [5, 5.41) is 0.647. The van der Waals surface area contributed by atoms with Crippen molar-refractivity contribution in [3.63, 3.8) is 0 Å². The first kappa shape index (κ1) is 32.2. The highest BCUT2D eigenvalue weighted by atomic mass is 35.5. The topological polar surface area (TPSA) is 26.0 Å². The lowest BCUT2D eigenvalue weighted by atomic mass is 9.52. The minimum Gasteiger partial charge on any atom is -0.324 e. The Morgan fingerprint density at radius 2 is 1.10 bits per heavy atom. The van der Waals surface area contributed by atoms with Gasteiger partial charge in [-0.1, -0.05) is 65.2 Å². The molecule has 0 aromatic rings. The van der Waals surface area contributed by atoms with Gasteiger partial charge in [-0.25, -0.2) is 0 Å². The third kappa shape index (κ3) is 6.89. The Kier molecular flexibility index (Phi) is 11.5. The first-order valence-electron chi connectivity index (χ1n) is 18.0. The van der Waals surface area contributed by atoms with E-state index in [9.17, 15) is 0 Å². The van der Waals surface area contributed by atoms with E-state index in [-0.39, 0.29) is 10.4 Å². The highest BCUT2D eigenvalue weighted by Crippen LogP contribution is 2.58. The lowest BCUT2D eigenvalue weighted by Crippen LogP contribution is -2.62. The Labute approximate surface area is 263 Å². The van der Waals surface area contributed by atoms with Gasteiger partial charge in [-0.3, -0.25) is 0 Å². The minimum atomic E-state index is -0.121. The second kappa shape index (κ2) is 14.3. The summed E-state index contributed by atoms with van der Waals surface area (Å²) in [6.45, 7) is 4.83. The smallest absolute Gasteiger partial charge is 0.0531 e. The van der Waals surface area contributed by atoms with E-state index in [1.54, 1.807) is 0 Å². The maximum Gasteiger partial charge on any atom is 0.0531 e. The summed E-state index contributed by atoms with van der Waals surface area (Å²) in [7, 11) is 0. The highest BCUT2D eigenvalue weighted by Gasteiger charge is 2.55. The molecule has 5 fully saturated rings. The van der Waals surface area contributed by atoms with E-state index in [1.807, 2.05) is 0 Å². The van der Waals surface area contributed by atoms with E-state index in [0.29, 0.717) is 46.3 Å². The number of alkyl halides is 3. The predicted octanol–water partition coefficient (Wildman–Crippen LogP) is 11.5. The molecule has 0 amide bonds.